The molecule has 1 aromatic rings. The van der Waals surface area contributed by atoms with Crippen molar-refractivity contribution >= 4 is 28.0 Å². The first-order valence-electron chi connectivity index (χ1n) is 12.2. The van der Waals surface area contributed by atoms with Gasteiger partial charge in [0.25, 0.3) is 10.1 Å². The van der Waals surface area contributed by atoms with Gasteiger partial charge in [-0.1, -0.05) is 13.8 Å². The lowest BCUT2D eigenvalue weighted by Crippen LogP contribution is -2.55. The summed E-state index contributed by atoms with van der Waals surface area (Å²) in [6.45, 7) is 7.00. The van der Waals surface area contributed by atoms with Crippen LogP contribution in [-0.4, -0.2) is 72.3 Å². The molecule has 0 aliphatic carbocycles. The second-order valence-corrected chi connectivity index (χ2v) is 11.8. The summed E-state index contributed by atoms with van der Waals surface area (Å²) in [6, 6.07) is 2.59. The fourth-order valence-corrected chi connectivity index (χ4v) is 4.49. The van der Waals surface area contributed by atoms with Crippen molar-refractivity contribution in [2.24, 2.45) is 11.8 Å². The first-order chi connectivity index (χ1) is 17.6. The van der Waals surface area contributed by atoms with Crippen molar-refractivity contribution in [3.05, 3.63) is 30.1 Å². The highest BCUT2D eigenvalue weighted by atomic mass is 32.2. The Labute approximate surface area is 221 Å². The SMILES string of the molecule is CC(C)C[C@H](NC(=O)OCC(C)(C)Oc1ccc(F)cc1)C(=O)N[C@@H](C[C@@H]1CCNC1=O)[C@@H](O)S(=O)(=O)O. The summed E-state index contributed by atoms with van der Waals surface area (Å²) in [7, 11) is -4.97. The number of carbonyl (C=O) groups excluding carboxylic acids is 3. The molecule has 0 aromatic heterocycles. The van der Waals surface area contributed by atoms with Crippen LogP contribution in [0.2, 0.25) is 0 Å². The van der Waals surface area contributed by atoms with Gasteiger partial charge in [0.2, 0.25) is 17.3 Å². The van der Waals surface area contributed by atoms with Gasteiger partial charge in [0.1, 0.15) is 29.8 Å². The summed E-state index contributed by atoms with van der Waals surface area (Å²) in [4.78, 5) is 37.5. The molecule has 1 aliphatic rings. The standard InChI is InChI=1S/C24H36FN3O9S/c1-14(2)11-18(28-23(32)36-13-24(3,4)37-17-7-5-16(25)6-8-17)21(30)27-19(22(31)38(33,34)35)12-15-9-10-26-20(15)29/h5-8,14-15,18-19,22,31H,9-13H2,1-4H3,(H,26,29)(H,27,30)(H,28,32)(H,33,34,35)/t15-,18-,19-,22-/m0/s1. The minimum absolute atomic E-state index is 0.0881. The van der Waals surface area contributed by atoms with E-state index in [1.165, 1.54) is 24.3 Å². The molecule has 0 spiro atoms. The molecule has 1 fully saturated rings. The number of ether oxygens (including phenoxy) is 2. The topological polar surface area (TPSA) is 180 Å². The minimum Gasteiger partial charge on any atom is -0.484 e. The third-order valence-electron chi connectivity index (χ3n) is 5.75. The number of nitrogens with one attached hydrogen (secondary N) is 3. The average Bonchev–Trinajstić information content (AvgIpc) is 3.21. The van der Waals surface area contributed by atoms with Gasteiger partial charge in [-0.05, 0) is 63.3 Å². The van der Waals surface area contributed by atoms with Crippen LogP contribution >= 0.6 is 0 Å². The maximum atomic E-state index is 13.1. The van der Waals surface area contributed by atoms with Crippen LogP contribution in [0, 0.1) is 17.7 Å². The molecule has 0 saturated carbocycles. The molecule has 1 heterocycles. The summed E-state index contributed by atoms with van der Waals surface area (Å²) < 4.78 is 56.6. The smallest absolute Gasteiger partial charge is 0.407 e. The summed E-state index contributed by atoms with van der Waals surface area (Å²) >= 11 is 0. The van der Waals surface area contributed by atoms with E-state index >= 15 is 0 Å². The lowest BCUT2D eigenvalue weighted by Gasteiger charge is -2.28. The van der Waals surface area contributed by atoms with Gasteiger partial charge in [0.05, 0.1) is 6.04 Å². The number of hydrogen-bond donors (Lipinski definition) is 5. The highest BCUT2D eigenvalue weighted by Gasteiger charge is 2.38. The van der Waals surface area contributed by atoms with E-state index in [0.29, 0.717) is 18.7 Å². The molecule has 1 aliphatic heterocycles. The molecule has 1 saturated heterocycles. The van der Waals surface area contributed by atoms with Crippen LogP contribution < -0.4 is 20.7 Å². The Morgan fingerprint density at radius 3 is 2.37 bits per heavy atom. The van der Waals surface area contributed by atoms with Gasteiger partial charge >= 0.3 is 6.09 Å². The number of rotatable bonds is 13. The molecule has 38 heavy (non-hydrogen) atoms. The molecule has 4 atom stereocenters. The Morgan fingerprint density at radius 1 is 1.21 bits per heavy atom. The van der Waals surface area contributed by atoms with Gasteiger partial charge in [-0.2, -0.15) is 8.42 Å². The van der Waals surface area contributed by atoms with Crippen LogP contribution in [0.3, 0.4) is 0 Å². The van der Waals surface area contributed by atoms with E-state index in [9.17, 15) is 36.9 Å². The van der Waals surface area contributed by atoms with Crippen molar-refractivity contribution in [2.75, 3.05) is 13.2 Å². The molecule has 5 N–H and O–H groups in total. The second-order valence-electron chi connectivity index (χ2n) is 10.3. The van der Waals surface area contributed by atoms with Gasteiger partial charge in [-0.3, -0.25) is 14.1 Å². The number of hydrogen-bond acceptors (Lipinski definition) is 8. The van der Waals surface area contributed by atoms with E-state index in [-0.39, 0.29) is 31.3 Å². The molecule has 1 aromatic carbocycles. The summed E-state index contributed by atoms with van der Waals surface area (Å²) in [6.07, 6.45) is -0.704. The van der Waals surface area contributed by atoms with Crippen LogP contribution in [0.25, 0.3) is 0 Å². The maximum absolute atomic E-state index is 13.1. The van der Waals surface area contributed by atoms with Crippen LogP contribution in [-0.2, 0) is 24.4 Å². The fourth-order valence-electron chi connectivity index (χ4n) is 3.89. The Kier molecular flexibility index (Phi) is 10.9. The first-order valence-corrected chi connectivity index (χ1v) is 13.7. The Morgan fingerprint density at radius 2 is 1.84 bits per heavy atom. The highest BCUT2D eigenvalue weighted by molar-refractivity contribution is 7.86. The fraction of sp³-hybridized carbons (Fsp3) is 0.625. The maximum Gasteiger partial charge on any atom is 0.407 e. The number of aliphatic hydroxyl groups is 1. The van der Waals surface area contributed by atoms with Crippen molar-refractivity contribution in [1.29, 1.82) is 0 Å². The van der Waals surface area contributed by atoms with Crippen LogP contribution in [0.5, 0.6) is 5.75 Å². The number of amides is 3. The normalized spacial score (nSPS) is 18.3. The summed E-state index contributed by atoms with van der Waals surface area (Å²) in [5.74, 6) is -2.03. The van der Waals surface area contributed by atoms with E-state index in [0.717, 1.165) is 0 Å². The van der Waals surface area contributed by atoms with E-state index in [1.54, 1.807) is 27.7 Å². The second kappa shape index (κ2) is 13.2. The molecule has 214 valence electrons. The van der Waals surface area contributed by atoms with Crippen LogP contribution in [0.15, 0.2) is 24.3 Å². The van der Waals surface area contributed by atoms with Gasteiger partial charge in [0.15, 0.2) is 0 Å². The van der Waals surface area contributed by atoms with Crippen LogP contribution in [0.4, 0.5) is 9.18 Å². The molecule has 0 unspecified atom stereocenters. The number of alkyl carbamates (subject to hydrolysis) is 1. The summed E-state index contributed by atoms with van der Waals surface area (Å²) in [5.41, 5.74) is -3.38. The van der Waals surface area contributed by atoms with Crippen molar-refractivity contribution in [3.63, 3.8) is 0 Å². The molecule has 14 heteroatoms. The monoisotopic (exact) mass is 561 g/mol. The predicted octanol–water partition coefficient (Wildman–Crippen LogP) is 1.34. The third-order valence-corrected chi connectivity index (χ3v) is 6.69. The molecular formula is C24H36FN3O9S. The largest absolute Gasteiger partial charge is 0.484 e. The number of benzene rings is 1. The van der Waals surface area contributed by atoms with E-state index in [4.69, 9.17) is 9.47 Å². The van der Waals surface area contributed by atoms with Crippen molar-refractivity contribution < 1.29 is 46.3 Å². The summed E-state index contributed by atoms with van der Waals surface area (Å²) in [5, 5.41) is 17.5. The Bertz CT molecular complexity index is 1080. The molecule has 2 rings (SSSR count). The van der Waals surface area contributed by atoms with E-state index < -0.39 is 57.0 Å². The van der Waals surface area contributed by atoms with E-state index in [2.05, 4.69) is 16.0 Å². The molecule has 0 radical (unpaired) electrons. The molecule has 0 bridgehead atoms. The van der Waals surface area contributed by atoms with Gasteiger partial charge in [-0.15, -0.1) is 0 Å². The molecular weight excluding hydrogens is 525 g/mol. The Balaban J connectivity index is 2.05. The van der Waals surface area contributed by atoms with Gasteiger partial charge in [0, 0.05) is 12.5 Å². The molecule has 12 nitrogen and oxygen atoms in total. The minimum atomic E-state index is -4.97. The highest BCUT2D eigenvalue weighted by Crippen LogP contribution is 2.21. The van der Waals surface area contributed by atoms with Crippen molar-refractivity contribution in [3.8, 4) is 5.75 Å². The van der Waals surface area contributed by atoms with Crippen molar-refractivity contribution in [1.82, 2.24) is 16.0 Å². The molecule has 3 amide bonds. The first kappa shape index (κ1) is 31.2. The van der Waals surface area contributed by atoms with Gasteiger partial charge in [-0.25, -0.2) is 9.18 Å². The zero-order valence-corrected chi connectivity index (χ0v) is 22.6. The zero-order valence-electron chi connectivity index (χ0n) is 21.8. The average molecular weight is 562 g/mol. The van der Waals surface area contributed by atoms with Crippen molar-refractivity contribution in [2.45, 2.75) is 70.1 Å². The third kappa shape index (κ3) is 10.1. The number of carbonyl (C=O) groups is 3. The lowest BCUT2D eigenvalue weighted by molar-refractivity contribution is -0.126. The van der Waals surface area contributed by atoms with E-state index in [1.807, 2.05) is 0 Å². The van der Waals surface area contributed by atoms with Gasteiger partial charge < -0.3 is 30.5 Å². The lowest BCUT2D eigenvalue weighted by atomic mass is 9.97. The number of aliphatic hydroxyl groups excluding tert-OH is 1. The Hall–Kier alpha value is -2.97. The number of halogens is 1. The van der Waals surface area contributed by atoms with Crippen LogP contribution in [0.1, 0.15) is 47.0 Å². The zero-order chi connectivity index (χ0) is 28.7. The quantitative estimate of drug-likeness (QED) is 0.222. The predicted molar refractivity (Wildman–Crippen MR) is 134 cm³/mol.